The van der Waals surface area contributed by atoms with Gasteiger partial charge in [-0.15, -0.1) is 0 Å². The number of hydrogen-bond donors (Lipinski definition) is 4. The van der Waals surface area contributed by atoms with Crippen molar-refractivity contribution in [2.45, 2.75) is 102 Å². The summed E-state index contributed by atoms with van der Waals surface area (Å²) in [6.07, 6.45) is 17.9. The summed E-state index contributed by atoms with van der Waals surface area (Å²) in [5.74, 6) is 2.50. The summed E-state index contributed by atoms with van der Waals surface area (Å²) in [5, 5.41) is 31.4. The first kappa shape index (κ1) is 25.7. The smallest absolute Gasteiger partial charge is 0.115 e. The summed E-state index contributed by atoms with van der Waals surface area (Å²) in [4.78, 5) is 7.86. The molecule has 196 valence electrons. The molecule has 0 aromatic carbocycles. The molecule has 0 radical (unpaired) electrons. The van der Waals surface area contributed by atoms with E-state index in [-0.39, 0.29) is 10.8 Å². The van der Waals surface area contributed by atoms with Gasteiger partial charge in [0.05, 0.1) is 23.7 Å². The second kappa shape index (κ2) is 9.74. The van der Waals surface area contributed by atoms with Crippen molar-refractivity contribution in [2.24, 2.45) is 23.2 Å². The predicted molar refractivity (Wildman–Crippen MR) is 143 cm³/mol. The summed E-state index contributed by atoms with van der Waals surface area (Å²) in [5.41, 5.74) is 4.34. The van der Waals surface area contributed by atoms with Crippen LogP contribution in [0.5, 0.6) is 0 Å². The third kappa shape index (κ3) is 4.59. The van der Waals surface area contributed by atoms with Crippen LogP contribution < -0.4 is 0 Å². The molecule has 1 heterocycles. The highest BCUT2D eigenvalue weighted by Gasteiger charge is 2.53. The van der Waals surface area contributed by atoms with Crippen LogP contribution in [0.2, 0.25) is 0 Å². The SMILES string of the molecule is C=C1C(=CC=C2CCC[C@]3(C)[C@@H]([C@H](C)C=C[C@@H](O)C4(c5ncc(C)[nH]5)CC4)CC[C@@H]23)C[C@@H](O)C[C@@H]1O. The Morgan fingerprint density at radius 3 is 2.64 bits per heavy atom. The van der Waals surface area contributed by atoms with Gasteiger partial charge in [-0.3, -0.25) is 0 Å². The molecule has 0 bridgehead atoms. The van der Waals surface area contributed by atoms with Gasteiger partial charge < -0.3 is 20.3 Å². The van der Waals surface area contributed by atoms with Crippen molar-refractivity contribution in [3.8, 4) is 0 Å². The Hall–Kier alpha value is -1.95. The van der Waals surface area contributed by atoms with E-state index in [1.807, 2.05) is 19.2 Å². The Morgan fingerprint density at radius 1 is 1.17 bits per heavy atom. The van der Waals surface area contributed by atoms with Crippen LogP contribution in [-0.4, -0.2) is 43.6 Å². The molecule has 0 saturated heterocycles. The number of aromatic nitrogens is 2. The van der Waals surface area contributed by atoms with E-state index in [2.05, 4.69) is 48.6 Å². The van der Waals surface area contributed by atoms with E-state index < -0.39 is 18.3 Å². The third-order valence-electron chi connectivity index (χ3n) is 10.1. The number of nitrogens with zero attached hydrogens (tertiary/aromatic N) is 1. The maximum Gasteiger partial charge on any atom is 0.115 e. The highest BCUT2D eigenvalue weighted by atomic mass is 16.3. The van der Waals surface area contributed by atoms with E-state index in [1.54, 1.807) is 0 Å². The molecule has 1 aromatic heterocycles. The molecule has 4 aliphatic rings. The van der Waals surface area contributed by atoms with Gasteiger partial charge in [0.1, 0.15) is 5.82 Å². The maximum atomic E-state index is 11.1. The van der Waals surface area contributed by atoms with Gasteiger partial charge in [-0.2, -0.15) is 0 Å². The standard InChI is InChI=1S/C31H44N2O3/c1-19(7-12-28(36)31(14-15-31)29-32-18-20(2)33-29)25-10-11-26-22(6-5-13-30(25,26)4)8-9-23-16-24(34)17-27(35)21(23)3/h7-9,12,18-19,24-28,34-36H,3,5-6,10-11,13-17H2,1-2,4H3,(H,32,33)/t19-,24-,25-,26+,27+,28-,30-/m1/s1. The quantitative estimate of drug-likeness (QED) is 0.398. The molecule has 0 spiro atoms. The van der Waals surface area contributed by atoms with E-state index in [1.165, 1.54) is 31.3 Å². The van der Waals surface area contributed by atoms with Gasteiger partial charge in [0.2, 0.25) is 0 Å². The fourth-order valence-corrected chi connectivity index (χ4v) is 7.68. The van der Waals surface area contributed by atoms with Crippen molar-refractivity contribution in [2.75, 3.05) is 0 Å². The zero-order valence-corrected chi connectivity index (χ0v) is 22.2. The molecule has 1 aromatic rings. The topological polar surface area (TPSA) is 89.4 Å². The number of imidazole rings is 1. The second-order valence-corrected chi connectivity index (χ2v) is 12.4. The molecular formula is C31H44N2O3. The molecule has 4 N–H and O–H groups in total. The Kier molecular flexibility index (Phi) is 6.95. The van der Waals surface area contributed by atoms with Crippen LogP contribution in [0, 0.1) is 30.1 Å². The fraction of sp³-hybridized carbons (Fsp3) is 0.645. The fourth-order valence-electron chi connectivity index (χ4n) is 7.68. The maximum absolute atomic E-state index is 11.1. The first-order valence-electron chi connectivity index (χ1n) is 14.0. The van der Waals surface area contributed by atoms with Gasteiger partial charge in [0.25, 0.3) is 0 Å². The molecular weight excluding hydrogens is 448 g/mol. The third-order valence-corrected chi connectivity index (χ3v) is 10.1. The number of aliphatic hydroxyl groups is 3. The van der Waals surface area contributed by atoms with Gasteiger partial charge in [0, 0.05) is 18.3 Å². The number of hydrogen-bond acceptors (Lipinski definition) is 4. The van der Waals surface area contributed by atoms with Crippen LogP contribution in [-0.2, 0) is 5.41 Å². The number of aryl methyl sites for hydroxylation is 1. The van der Waals surface area contributed by atoms with Gasteiger partial charge >= 0.3 is 0 Å². The average molecular weight is 493 g/mol. The van der Waals surface area contributed by atoms with E-state index in [0.717, 1.165) is 41.9 Å². The lowest BCUT2D eigenvalue weighted by atomic mass is 9.61. The number of aliphatic hydroxyl groups excluding tert-OH is 3. The number of H-pyrrole nitrogens is 1. The molecule has 4 fully saturated rings. The minimum absolute atomic E-state index is 0.231. The molecule has 5 nitrogen and oxygen atoms in total. The number of aromatic amines is 1. The van der Waals surface area contributed by atoms with E-state index in [0.29, 0.717) is 30.6 Å². The second-order valence-electron chi connectivity index (χ2n) is 12.4. The summed E-state index contributed by atoms with van der Waals surface area (Å²) >= 11 is 0. The summed E-state index contributed by atoms with van der Waals surface area (Å²) < 4.78 is 0. The van der Waals surface area contributed by atoms with Crippen LogP contribution in [0.25, 0.3) is 0 Å². The van der Waals surface area contributed by atoms with Crippen LogP contribution in [0.1, 0.15) is 83.2 Å². The summed E-state index contributed by atoms with van der Waals surface area (Å²) in [6, 6.07) is 0. The first-order chi connectivity index (χ1) is 17.1. The van der Waals surface area contributed by atoms with Crippen molar-refractivity contribution in [1.29, 1.82) is 0 Å². The average Bonchev–Trinajstić information content (AvgIpc) is 3.41. The Labute approximate surface area is 216 Å². The van der Waals surface area contributed by atoms with Crippen molar-refractivity contribution < 1.29 is 15.3 Å². The molecule has 0 unspecified atom stereocenters. The number of allylic oxidation sites excluding steroid dienone is 4. The van der Waals surface area contributed by atoms with Crippen LogP contribution in [0.3, 0.4) is 0 Å². The minimum atomic E-state index is -0.638. The summed E-state index contributed by atoms with van der Waals surface area (Å²) in [7, 11) is 0. The normalized spacial score (nSPS) is 38.0. The largest absolute Gasteiger partial charge is 0.393 e. The van der Waals surface area contributed by atoms with Gasteiger partial charge in [0.15, 0.2) is 0 Å². The first-order valence-corrected chi connectivity index (χ1v) is 14.0. The van der Waals surface area contributed by atoms with Crippen molar-refractivity contribution in [3.63, 3.8) is 0 Å². The minimum Gasteiger partial charge on any atom is -0.393 e. The van der Waals surface area contributed by atoms with Crippen LogP contribution in [0.15, 0.2) is 53.8 Å². The predicted octanol–water partition coefficient (Wildman–Crippen LogP) is 5.44. The zero-order valence-electron chi connectivity index (χ0n) is 22.2. The van der Waals surface area contributed by atoms with Crippen LogP contribution >= 0.6 is 0 Å². The molecule has 5 heteroatoms. The van der Waals surface area contributed by atoms with E-state index >= 15 is 0 Å². The number of nitrogens with one attached hydrogen (secondary N) is 1. The van der Waals surface area contributed by atoms with Gasteiger partial charge in [-0.25, -0.2) is 4.98 Å². The summed E-state index contributed by atoms with van der Waals surface area (Å²) in [6.45, 7) is 10.9. The van der Waals surface area contributed by atoms with Crippen molar-refractivity contribution >= 4 is 0 Å². The van der Waals surface area contributed by atoms with Crippen molar-refractivity contribution in [1.82, 2.24) is 9.97 Å². The molecule has 0 aliphatic heterocycles. The molecule has 4 saturated carbocycles. The molecule has 0 amide bonds. The Bertz CT molecular complexity index is 1080. The number of fused-ring (bicyclic) bond motifs is 1. The van der Waals surface area contributed by atoms with Gasteiger partial charge in [-0.1, -0.05) is 50.3 Å². The van der Waals surface area contributed by atoms with E-state index in [4.69, 9.17) is 0 Å². The lowest BCUT2D eigenvalue weighted by molar-refractivity contribution is 0.0862. The lowest BCUT2D eigenvalue weighted by Gasteiger charge is -2.44. The lowest BCUT2D eigenvalue weighted by Crippen LogP contribution is -2.35. The van der Waals surface area contributed by atoms with Crippen LogP contribution in [0.4, 0.5) is 0 Å². The highest BCUT2D eigenvalue weighted by molar-refractivity contribution is 5.38. The van der Waals surface area contributed by atoms with Crippen molar-refractivity contribution in [3.05, 3.63) is 65.3 Å². The molecule has 5 rings (SSSR count). The van der Waals surface area contributed by atoms with Gasteiger partial charge in [-0.05, 0) is 92.6 Å². The Balaban J connectivity index is 1.29. The Morgan fingerprint density at radius 2 is 1.94 bits per heavy atom. The molecule has 7 atom stereocenters. The number of rotatable bonds is 6. The molecule has 4 aliphatic carbocycles. The zero-order chi connectivity index (χ0) is 25.7. The molecule has 36 heavy (non-hydrogen) atoms. The van der Waals surface area contributed by atoms with E-state index in [9.17, 15) is 15.3 Å². The highest BCUT2D eigenvalue weighted by Crippen LogP contribution is 2.59. The monoisotopic (exact) mass is 492 g/mol.